The molecule has 2 aliphatic heterocycles. The molecule has 2 saturated heterocycles. The lowest BCUT2D eigenvalue weighted by Crippen LogP contribution is -2.72. The van der Waals surface area contributed by atoms with E-state index in [-0.39, 0.29) is 11.8 Å². The first kappa shape index (κ1) is 17.0. The van der Waals surface area contributed by atoms with Crippen molar-refractivity contribution < 1.29 is 24.2 Å². The van der Waals surface area contributed by atoms with Gasteiger partial charge in [0.05, 0.1) is 25.2 Å². The highest BCUT2D eigenvalue weighted by Gasteiger charge is 2.49. The van der Waals surface area contributed by atoms with Gasteiger partial charge in [0.1, 0.15) is 5.60 Å². The zero-order chi connectivity index (χ0) is 16.6. The van der Waals surface area contributed by atoms with Gasteiger partial charge in [0, 0.05) is 25.0 Å². The summed E-state index contributed by atoms with van der Waals surface area (Å²) in [4.78, 5) is 24.7. The minimum atomic E-state index is -0.869. The molecule has 0 aromatic heterocycles. The van der Waals surface area contributed by atoms with Gasteiger partial charge in [0.15, 0.2) is 0 Å². The molecule has 0 spiro atoms. The normalized spacial score (nSPS) is 22.5. The summed E-state index contributed by atoms with van der Waals surface area (Å²) in [6, 6.07) is 0. The molecule has 0 radical (unpaired) electrons. The SMILES string of the molecule is CC1(CNC2(CC(=O)O)CN(C(=O)OC(C)(C)C)C2)COC1. The number of amides is 1. The maximum absolute atomic E-state index is 12.0. The summed E-state index contributed by atoms with van der Waals surface area (Å²) in [5, 5.41) is 12.5. The first-order valence-electron chi connectivity index (χ1n) is 7.55. The summed E-state index contributed by atoms with van der Waals surface area (Å²) in [6.45, 7) is 10.3. The number of nitrogens with one attached hydrogen (secondary N) is 1. The van der Waals surface area contributed by atoms with E-state index in [0.29, 0.717) is 32.8 Å². The quantitative estimate of drug-likeness (QED) is 0.789. The number of carbonyl (C=O) groups excluding carboxylic acids is 1. The molecule has 0 aromatic rings. The Hall–Kier alpha value is -1.34. The Labute approximate surface area is 130 Å². The molecule has 0 unspecified atom stereocenters. The Bertz CT molecular complexity index is 447. The lowest BCUT2D eigenvalue weighted by molar-refractivity contribution is -0.142. The van der Waals surface area contributed by atoms with E-state index in [4.69, 9.17) is 14.6 Å². The van der Waals surface area contributed by atoms with Crippen molar-refractivity contribution >= 4 is 12.1 Å². The molecule has 0 atom stereocenters. The Morgan fingerprint density at radius 1 is 1.32 bits per heavy atom. The molecular weight excluding hydrogens is 288 g/mol. The van der Waals surface area contributed by atoms with Crippen molar-refractivity contribution in [1.82, 2.24) is 10.2 Å². The minimum absolute atomic E-state index is 0.0107. The van der Waals surface area contributed by atoms with Crippen LogP contribution in [-0.4, -0.2) is 66.1 Å². The number of carboxylic acid groups (broad SMARTS) is 1. The maximum Gasteiger partial charge on any atom is 0.410 e. The lowest BCUT2D eigenvalue weighted by atomic mass is 9.82. The van der Waals surface area contributed by atoms with E-state index in [2.05, 4.69) is 12.2 Å². The molecule has 2 aliphatic rings. The molecule has 0 aromatic carbocycles. The van der Waals surface area contributed by atoms with Crippen molar-refractivity contribution in [3.8, 4) is 0 Å². The van der Waals surface area contributed by atoms with Crippen LogP contribution >= 0.6 is 0 Å². The third-order valence-electron chi connectivity index (χ3n) is 3.92. The van der Waals surface area contributed by atoms with Gasteiger partial charge in [0.25, 0.3) is 0 Å². The van der Waals surface area contributed by atoms with Gasteiger partial charge in [0.2, 0.25) is 0 Å². The summed E-state index contributed by atoms with van der Waals surface area (Å²) in [7, 11) is 0. The molecule has 2 fully saturated rings. The number of aliphatic carboxylic acids is 1. The van der Waals surface area contributed by atoms with Crippen LogP contribution in [0, 0.1) is 5.41 Å². The van der Waals surface area contributed by atoms with Crippen molar-refractivity contribution in [2.24, 2.45) is 5.41 Å². The van der Waals surface area contributed by atoms with Crippen molar-refractivity contribution in [2.75, 3.05) is 32.8 Å². The van der Waals surface area contributed by atoms with E-state index >= 15 is 0 Å². The first-order valence-corrected chi connectivity index (χ1v) is 7.55. The number of hydrogen-bond acceptors (Lipinski definition) is 5. The van der Waals surface area contributed by atoms with Gasteiger partial charge < -0.3 is 24.8 Å². The molecule has 1 amide bonds. The number of rotatable bonds is 5. The average molecular weight is 314 g/mol. The molecule has 22 heavy (non-hydrogen) atoms. The molecule has 126 valence electrons. The molecule has 0 aliphatic carbocycles. The fraction of sp³-hybridized carbons (Fsp3) is 0.867. The Kier molecular flexibility index (Phi) is 4.41. The number of carboxylic acids is 1. The first-order chi connectivity index (χ1) is 10.0. The number of hydrogen-bond donors (Lipinski definition) is 2. The van der Waals surface area contributed by atoms with Crippen LogP contribution in [0.25, 0.3) is 0 Å². The van der Waals surface area contributed by atoms with Gasteiger partial charge >= 0.3 is 12.1 Å². The monoisotopic (exact) mass is 314 g/mol. The lowest BCUT2D eigenvalue weighted by Gasteiger charge is -2.51. The van der Waals surface area contributed by atoms with E-state index in [1.807, 2.05) is 20.8 Å². The second-order valence-electron chi connectivity index (χ2n) is 7.84. The second kappa shape index (κ2) is 5.70. The highest BCUT2D eigenvalue weighted by Crippen LogP contribution is 2.30. The second-order valence-corrected chi connectivity index (χ2v) is 7.84. The largest absolute Gasteiger partial charge is 0.481 e. The molecular formula is C15H26N2O5. The molecule has 2 heterocycles. The summed E-state index contributed by atoms with van der Waals surface area (Å²) in [6.07, 6.45) is -0.406. The molecule has 0 saturated carbocycles. The van der Waals surface area contributed by atoms with Gasteiger partial charge in [-0.3, -0.25) is 4.79 Å². The van der Waals surface area contributed by atoms with Gasteiger partial charge in [-0.05, 0) is 20.8 Å². The van der Waals surface area contributed by atoms with Crippen molar-refractivity contribution in [2.45, 2.75) is 45.3 Å². The van der Waals surface area contributed by atoms with Gasteiger partial charge in [-0.1, -0.05) is 6.92 Å². The van der Waals surface area contributed by atoms with E-state index < -0.39 is 23.2 Å². The number of carbonyl (C=O) groups is 2. The van der Waals surface area contributed by atoms with E-state index in [9.17, 15) is 9.59 Å². The summed E-state index contributed by atoms with van der Waals surface area (Å²) in [5.74, 6) is -0.869. The molecule has 2 rings (SSSR count). The van der Waals surface area contributed by atoms with E-state index in [1.54, 1.807) is 4.90 Å². The minimum Gasteiger partial charge on any atom is -0.481 e. The summed E-state index contributed by atoms with van der Waals surface area (Å²) in [5.41, 5.74) is -1.06. The third-order valence-corrected chi connectivity index (χ3v) is 3.92. The summed E-state index contributed by atoms with van der Waals surface area (Å²) >= 11 is 0. The number of ether oxygens (including phenoxy) is 2. The van der Waals surface area contributed by atoms with Crippen LogP contribution in [0.15, 0.2) is 0 Å². The Morgan fingerprint density at radius 3 is 2.32 bits per heavy atom. The zero-order valence-corrected chi connectivity index (χ0v) is 13.8. The highest BCUT2D eigenvalue weighted by molar-refractivity contribution is 5.73. The van der Waals surface area contributed by atoms with Crippen LogP contribution < -0.4 is 5.32 Å². The fourth-order valence-electron chi connectivity index (χ4n) is 2.67. The predicted molar refractivity (Wildman–Crippen MR) is 79.7 cm³/mol. The number of likely N-dealkylation sites (tertiary alicyclic amines) is 1. The van der Waals surface area contributed by atoms with Crippen molar-refractivity contribution in [3.05, 3.63) is 0 Å². The molecule has 0 bridgehead atoms. The van der Waals surface area contributed by atoms with E-state index in [0.717, 1.165) is 0 Å². The van der Waals surface area contributed by atoms with Gasteiger partial charge in [-0.25, -0.2) is 4.79 Å². The topological polar surface area (TPSA) is 88.1 Å². The average Bonchev–Trinajstić information content (AvgIpc) is 2.26. The maximum atomic E-state index is 12.0. The van der Waals surface area contributed by atoms with Crippen LogP contribution in [0.3, 0.4) is 0 Å². The Morgan fingerprint density at radius 2 is 1.91 bits per heavy atom. The third kappa shape index (κ3) is 4.10. The zero-order valence-electron chi connectivity index (χ0n) is 13.8. The highest BCUT2D eigenvalue weighted by atomic mass is 16.6. The number of nitrogens with zero attached hydrogens (tertiary/aromatic N) is 1. The van der Waals surface area contributed by atoms with Crippen molar-refractivity contribution in [1.29, 1.82) is 0 Å². The van der Waals surface area contributed by atoms with Crippen LogP contribution in [-0.2, 0) is 14.3 Å². The van der Waals surface area contributed by atoms with Gasteiger partial charge in [-0.2, -0.15) is 0 Å². The molecule has 2 N–H and O–H groups in total. The standard InChI is InChI=1S/C15H26N2O5/c1-13(2,3)22-12(20)17-7-15(8-17,5-11(18)19)16-6-14(4)9-21-10-14/h16H,5-10H2,1-4H3,(H,18,19). The van der Waals surface area contributed by atoms with Crippen LogP contribution in [0.1, 0.15) is 34.1 Å². The van der Waals surface area contributed by atoms with Crippen LogP contribution in [0.4, 0.5) is 4.79 Å². The molecule has 7 nitrogen and oxygen atoms in total. The smallest absolute Gasteiger partial charge is 0.410 e. The van der Waals surface area contributed by atoms with E-state index in [1.165, 1.54) is 0 Å². The predicted octanol–water partition coefficient (Wildman–Crippen LogP) is 1.08. The Balaban J connectivity index is 1.90. The molecule has 7 heteroatoms. The van der Waals surface area contributed by atoms with Crippen LogP contribution in [0.5, 0.6) is 0 Å². The summed E-state index contributed by atoms with van der Waals surface area (Å²) < 4.78 is 10.5. The van der Waals surface area contributed by atoms with Crippen molar-refractivity contribution in [3.63, 3.8) is 0 Å². The fourth-order valence-corrected chi connectivity index (χ4v) is 2.67. The van der Waals surface area contributed by atoms with Gasteiger partial charge in [-0.15, -0.1) is 0 Å². The van der Waals surface area contributed by atoms with Crippen LogP contribution in [0.2, 0.25) is 0 Å².